The van der Waals surface area contributed by atoms with Crippen LogP contribution in [0.15, 0.2) is 30.5 Å². The topological polar surface area (TPSA) is 85.1 Å². The Balaban J connectivity index is 2.39. The van der Waals surface area contributed by atoms with Crippen molar-refractivity contribution in [3.63, 3.8) is 0 Å². The quantitative estimate of drug-likeness (QED) is 0.527. The minimum atomic E-state index is -0.691. The van der Waals surface area contributed by atoms with E-state index in [9.17, 15) is 14.9 Å². The van der Waals surface area contributed by atoms with Crippen LogP contribution in [0.4, 0.5) is 11.4 Å². The molecule has 0 spiro atoms. The maximum atomic E-state index is 12.2. The molecule has 0 aliphatic rings. The molecule has 0 saturated carbocycles. The van der Waals surface area contributed by atoms with Gasteiger partial charge in [-0.1, -0.05) is 29.3 Å². The molecule has 0 bridgehead atoms. The molecule has 108 valence electrons. The van der Waals surface area contributed by atoms with Crippen LogP contribution in [0.1, 0.15) is 15.9 Å². The zero-order chi connectivity index (χ0) is 15.6. The molecule has 0 fully saturated rings. The van der Waals surface area contributed by atoms with E-state index in [-0.39, 0.29) is 10.7 Å². The van der Waals surface area contributed by atoms with E-state index in [2.05, 4.69) is 10.3 Å². The van der Waals surface area contributed by atoms with Gasteiger partial charge in [-0.25, -0.2) is 4.98 Å². The number of pyridine rings is 1. The number of anilines is 1. The molecule has 1 aromatic heterocycles. The zero-order valence-corrected chi connectivity index (χ0v) is 12.3. The zero-order valence-electron chi connectivity index (χ0n) is 10.8. The number of nitrogens with one attached hydrogen (secondary N) is 1. The summed E-state index contributed by atoms with van der Waals surface area (Å²) < 4.78 is 0. The average Bonchev–Trinajstić information content (AvgIpc) is 2.43. The Morgan fingerprint density at radius 2 is 2.10 bits per heavy atom. The number of benzene rings is 1. The standard InChI is InChI=1S/C13H9Cl2N3O3/c1-7-9(14)3-2-4-10(7)17-13(19)8-5-12(15)16-6-11(8)18(20)21/h2-6H,1H3,(H,17,19). The summed E-state index contributed by atoms with van der Waals surface area (Å²) in [5.74, 6) is -0.656. The molecule has 0 aliphatic heterocycles. The Morgan fingerprint density at radius 3 is 2.76 bits per heavy atom. The van der Waals surface area contributed by atoms with Crippen LogP contribution in [0.25, 0.3) is 0 Å². The second-order valence-corrected chi connectivity index (χ2v) is 4.94. The normalized spacial score (nSPS) is 10.2. The van der Waals surface area contributed by atoms with Gasteiger partial charge in [-0.05, 0) is 30.7 Å². The van der Waals surface area contributed by atoms with Gasteiger partial charge in [0.05, 0.1) is 4.92 Å². The van der Waals surface area contributed by atoms with Crippen LogP contribution in [0, 0.1) is 17.0 Å². The molecular weight excluding hydrogens is 317 g/mol. The van der Waals surface area contributed by atoms with E-state index in [4.69, 9.17) is 23.2 Å². The Morgan fingerprint density at radius 1 is 1.38 bits per heavy atom. The first kappa shape index (κ1) is 15.2. The molecule has 0 aliphatic carbocycles. The number of hydrogen-bond donors (Lipinski definition) is 1. The molecule has 21 heavy (non-hydrogen) atoms. The monoisotopic (exact) mass is 325 g/mol. The number of nitro groups is 1. The number of hydrogen-bond acceptors (Lipinski definition) is 4. The summed E-state index contributed by atoms with van der Waals surface area (Å²) >= 11 is 11.6. The van der Waals surface area contributed by atoms with Gasteiger partial charge in [-0.3, -0.25) is 14.9 Å². The van der Waals surface area contributed by atoms with Crippen LogP contribution >= 0.6 is 23.2 Å². The summed E-state index contributed by atoms with van der Waals surface area (Å²) in [6.07, 6.45) is 0.947. The lowest BCUT2D eigenvalue weighted by atomic mass is 10.1. The Labute approximate surface area is 129 Å². The predicted octanol–water partition coefficient (Wildman–Crippen LogP) is 3.86. The molecule has 8 heteroatoms. The smallest absolute Gasteiger partial charge is 0.300 e. The van der Waals surface area contributed by atoms with Crippen LogP contribution in [0.5, 0.6) is 0 Å². The summed E-state index contributed by atoms with van der Waals surface area (Å²) in [6, 6.07) is 6.14. The molecule has 0 radical (unpaired) electrons. The number of carbonyl (C=O) groups is 1. The van der Waals surface area contributed by atoms with Crippen molar-refractivity contribution in [1.82, 2.24) is 4.98 Å². The highest BCUT2D eigenvalue weighted by Crippen LogP contribution is 2.25. The highest BCUT2D eigenvalue weighted by Gasteiger charge is 2.22. The Kier molecular flexibility index (Phi) is 4.40. The van der Waals surface area contributed by atoms with Gasteiger partial charge in [0, 0.05) is 10.7 Å². The van der Waals surface area contributed by atoms with Gasteiger partial charge in [0.25, 0.3) is 11.6 Å². The Bertz CT molecular complexity index is 735. The molecular formula is C13H9Cl2N3O3. The van der Waals surface area contributed by atoms with Crippen molar-refractivity contribution in [1.29, 1.82) is 0 Å². The molecule has 0 unspecified atom stereocenters. The van der Waals surface area contributed by atoms with Crippen LogP contribution in [0.2, 0.25) is 10.2 Å². The third-order valence-electron chi connectivity index (χ3n) is 2.81. The number of nitrogens with zero attached hydrogens (tertiary/aromatic N) is 2. The summed E-state index contributed by atoms with van der Waals surface area (Å²) in [6.45, 7) is 1.73. The first-order valence-corrected chi connectivity index (χ1v) is 6.52. The SMILES string of the molecule is Cc1c(Cl)cccc1NC(=O)c1cc(Cl)ncc1[N+](=O)[O-]. The number of carbonyl (C=O) groups excluding carboxylic acids is 1. The van der Waals surface area contributed by atoms with E-state index >= 15 is 0 Å². The highest BCUT2D eigenvalue weighted by molar-refractivity contribution is 6.32. The van der Waals surface area contributed by atoms with Crippen molar-refractivity contribution in [2.45, 2.75) is 6.92 Å². The summed E-state index contributed by atoms with van der Waals surface area (Å²) in [7, 11) is 0. The van der Waals surface area contributed by atoms with Gasteiger partial charge < -0.3 is 5.32 Å². The lowest BCUT2D eigenvalue weighted by molar-refractivity contribution is -0.385. The van der Waals surface area contributed by atoms with Gasteiger partial charge >= 0.3 is 0 Å². The maximum absolute atomic E-state index is 12.2. The van der Waals surface area contributed by atoms with Crippen LogP contribution < -0.4 is 5.32 Å². The van der Waals surface area contributed by atoms with Crippen molar-refractivity contribution in [3.05, 3.63) is 61.9 Å². The van der Waals surface area contributed by atoms with E-state index in [1.54, 1.807) is 25.1 Å². The second-order valence-electron chi connectivity index (χ2n) is 4.15. The molecule has 1 N–H and O–H groups in total. The molecule has 1 aromatic carbocycles. The van der Waals surface area contributed by atoms with Crippen molar-refractivity contribution >= 4 is 40.5 Å². The predicted molar refractivity (Wildman–Crippen MR) is 80.0 cm³/mol. The first-order chi connectivity index (χ1) is 9.90. The summed E-state index contributed by atoms with van der Waals surface area (Å²) in [5, 5.41) is 14.0. The minimum absolute atomic E-state index is 0.00596. The highest BCUT2D eigenvalue weighted by atomic mass is 35.5. The van der Waals surface area contributed by atoms with Crippen molar-refractivity contribution in [3.8, 4) is 0 Å². The largest absolute Gasteiger partial charge is 0.321 e. The summed E-state index contributed by atoms with van der Waals surface area (Å²) in [4.78, 5) is 26.1. The molecule has 1 amide bonds. The minimum Gasteiger partial charge on any atom is -0.321 e. The van der Waals surface area contributed by atoms with E-state index in [0.717, 1.165) is 12.3 Å². The number of amides is 1. The Hall–Kier alpha value is -2.18. The summed E-state index contributed by atoms with van der Waals surface area (Å²) in [5.41, 5.74) is 0.543. The van der Waals surface area contributed by atoms with Crippen molar-refractivity contribution in [2.24, 2.45) is 0 Å². The fourth-order valence-electron chi connectivity index (χ4n) is 1.68. The van der Waals surface area contributed by atoms with E-state index in [1.807, 2.05) is 0 Å². The van der Waals surface area contributed by atoms with Crippen molar-refractivity contribution < 1.29 is 9.72 Å². The number of aromatic nitrogens is 1. The van der Waals surface area contributed by atoms with Gasteiger partial charge in [-0.2, -0.15) is 0 Å². The lowest BCUT2D eigenvalue weighted by Gasteiger charge is -2.09. The van der Waals surface area contributed by atoms with E-state index in [0.29, 0.717) is 16.3 Å². The van der Waals surface area contributed by atoms with Crippen LogP contribution in [-0.4, -0.2) is 15.8 Å². The van der Waals surface area contributed by atoms with E-state index < -0.39 is 16.5 Å². The van der Waals surface area contributed by atoms with Gasteiger partial charge in [0.15, 0.2) is 0 Å². The van der Waals surface area contributed by atoms with Gasteiger partial charge in [0.1, 0.15) is 16.9 Å². The fourth-order valence-corrected chi connectivity index (χ4v) is 2.01. The first-order valence-electron chi connectivity index (χ1n) is 5.76. The molecule has 0 atom stereocenters. The van der Waals surface area contributed by atoms with Crippen molar-refractivity contribution in [2.75, 3.05) is 5.32 Å². The third kappa shape index (κ3) is 3.29. The third-order valence-corrected chi connectivity index (χ3v) is 3.42. The fraction of sp³-hybridized carbons (Fsp3) is 0.0769. The van der Waals surface area contributed by atoms with Gasteiger partial charge in [-0.15, -0.1) is 0 Å². The van der Waals surface area contributed by atoms with Crippen LogP contribution in [0.3, 0.4) is 0 Å². The second kappa shape index (κ2) is 6.07. The van der Waals surface area contributed by atoms with E-state index in [1.165, 1.54) is 0 Å². The number of halogens is 2. The molecule has 2 rings (SSSR count). The van der Waals surface area contributed by atoms with Gasteiger partial charge in [0.2, 0.25) is 0 Å². The number of rotatable bonds is 3. The molecule has 0 saturated heterocycles. The maximum Gasteiger partial charge on any atom is 0.300 e. The molecule has 2 aromatic rings. The molecule has 1 heterocycles. The lowest BCUT2D eigenvalue weighted by Crippen LogP contribution is -2.15. The molecule has 6 nitrogen and oxygen atoms in total. The van der Waals surface area contributed by atoms with Crippen LogP contribution in [-0.2, 0) is 0 Å². The average molecular weight is 326 g/mol.